The van der Waals surface area contributed by atoms with Gasteiger partial charge in [0.1, 0.15) is 16.3 Å². The van der Waals surface area contributed by atoms with E-state index in [0.29, 0.717) is 42.2 Å². The highest BCUT2D eigenvalue weighted by molar-refractivity contribution is 7.22. The number of nitrogens with zero attached hydrogens (tertiary/aromatic N) is 2. The Hall–Kier alpha value is -3.49. The van der Waals surface area contributed by atoms with E-state index in [0.717, 1.165) is 4.57 Å². The number of methoxy groups -OCH3 is 1. The maximum atomic E-state index is 13.9. The van der Waals surface area contributed by atoms with Crippen molar-refractivity contribution < 1.29 is 9.13 Å². The fourth-order valence-electron chi connectivity index (χ4n) is 3.48. The number of thiophene rings is 1. The number of halogens is 2. The molecular weight excluding hydrogens is 441 g/mol. The van der Waals surface area contributed by atoms with E-state index in [1.807, 2.05) is 0 Å². The van der Waals surface area contributed by atoms with Gasteiger partial charge in [0.25, 0.3) is 5.56 Å². The zero-order valence-corrected chi connectivity index (χ0v) is 17.6. The second-order valence-electron chi connectivity index (χ2n) is 6.79. The molecular formula is C22H13ClFN3O3S. The molecule has 0 aliphatic heterocycles. The average molecular weight is 454 g/mol. The van der Waals surface area contributed by atoms with Crippen LogP contribution in [-0.4, -0.2) is 21.6 Å². The molecule has 0 aliphatic carbocycles. The molecule has 0 unspecified atom stereocenters. The maximum Gasteiger partial charge on any atom is 0.333 e. The van der Waals surface area contributed by atoms with Crippen molar-refractivity contribution in [2.24, 2.45) is 0 Å². The number of nitrogens with one attached hydrogen (secondary N) is 1. The Bertz CT molecular complexity index is 1610. The SMILES string of the molecule is COc1ccc(Cl)c(-c2cc3[nH]c(=O)n(-c4cncc5ccc(F)cc45)c(=O)c3s2)c1. The zero-order valence-electron chi connectivity index (χ0n) is 16.0. The Labute approximate surface area is 183 Å². The fraction of sp³-hybridized carbons (Fsp3) is 0.0455. The topological polar surface area (TPSA) is 77.0 Å². The third kappa shape index (κ3) is 3.20. The molecule has 5 rings (SSSR count). The van der Waals surface area contributed by atoms with Gasteiger partial charge in [0, 0.05) is 32.4 Å². The molecule has 3 aromatic heterocycles. The molecule has 5 aromatic rings. The number of hydrogen-bond acceptors (Lipinski definition) is 5. The Morgan fingerprint density at radius 3 is 2.77 bits per heavy atom. The highest BCUT2D eigenvalue weighted by Crippen LogP contribution is 2.37. The van der Waals surface area contributed by atoms with Crippen LogP contribution in [0.2, 0.25) is 5.02 Å². The second kappa shape index (κ2) is 7.33. The molecule has 0 amide bonds. The van der Waals surface area contributed by atoms with Gasteiger partial charge >= 0.3 is 5.69 Å². The first-order valence-corrected chi connectivity index (χ1v) is 10.3. The normalized spacial score (nSPS) is 11.3. The van der Waals surface area contributed by atoms with E-state index >= 15 is 0 Å². The summed E-state index contributed by atoms with van der Waals surface area (Å²) < 4.78 is 20.4. The molecule has 2 aromatic carbocycles. The number of pyridine rings is 1. The average Bonchev–Trinajstić information content (AvgIpc) is 3.18. The van der Waals surface area contributed by atoms with Crippen molar-refractivity contribution in [2.75, 3.05) is 7.11 Å². The lowest BCUT2D eigenvalue weighted by atomic mass is 10.1. The summed E-state index contributed by atoms with van der Waals surface area (Å²) >= 11 is 7.54. The lowest BCUT2D eigenvalue weighted by Crippen LogP contribution is -2.33. The molecule has 9 heteroatoms. The van der Waals surface area contributed by atoms with E-state index in [2.05, 4.69) is 9.97 Å². The number of H-pyrrole nitrogens is 1. The summed E-state index contributed by atoms with van der Waals surface area (Å²) in [5, 5.41) is 1.51. The summed E-state index contributed by atoms with van der Waals surface area (Å²) in [6.45, 7) is 0. The molecule has 0 saturated carbocycles. The molecule has 0 aliphatic rings. The van der Waals surface area contributed by atoms with Gasteiger partial charge in [-0.1, -0.05) is 11.6 Å². The van der Waals surface area contributed by atoms with Crippen LogP contribution in [0.3, 0.4) is 0 Å². The molecule has 0 fully saturated rings. The minimum atomic E-state index is -0.642. The van der Waals surface area contributed by atoms with Crippen LogP contribution in [0.1, 0.15) is 0 Å². The molecule has 0 atom stereocenters. The van der Waals surface area contributed by atoms with E-state index in [1.54, 1.807) is 43.6 Å². The number of benzene rings is 2. The number of aromatic amines is 1. The van der Waals surface area contributed by atoms with Crippen LogP contribution in [-0.2, 0) is 0 Å². The molecule has 0 radical (unpaired) electrons. The van der Waals surface area contributed by atoms with E-state index in [1.165, 1.54) is 29.7 Å². The van der Waals surface area contributed by atoms with Gasteiger partial charge < -0.3 is 9.72 Å². The Kier molecular flexibility index (Phi) is 4.60. The quantitative estimate of drug-likeness (QED) is 0.427. The monoisotopic (exact) mass is 453 g/mol. The van der Waals surface area contributed by atoms with Gasteiger partial charge in [-0.2, -0.15) is 0 Å². The fourth-order valence-corrected chi connectivity index (χ4v) is 4.83. The third-order valence-corrected chi connectivity index (χ3v) is 6.44. The van der Waals surface area contributed by atoms with Crippen molar-refractivity contribution >= 4 is 43.9 Å². The molecule has 31 heavy (non-hydrogen) atoms. The standard InChI is InChI=1S/C22H13ClFN3O3S/c1-30-13-4-5-16(23)15(7-13)19-8-17-20(31-19)21(28)27(22(29)26-17)18-10-25-9-11-2-3-12(24)6-14(11)18/h2-10H,1H3,(H,26,29). The summed E-state index contributed by atoms with van der Waals surface area (Å²) in [6.07, 6.45) is 2.92. The predicted octanol–water partition coefficient (Wildman–Crippen LogP) is 4.76. The number of ether oxygens (including phenoxy) is 1. The summed E-state index contributed by atoms with van der Waals surface area (Å²) in [6, 6.07) is 11.0. The van der Waals surface area contributed by atoms with Crippen LogP contribution >= 0.6 is 22.9 Å². The molecule has 1 N–H and O–H groups in total. The summed E-state index contributed by atoms with van der Waals surface area (Å²) in [4.78, 5) is 33.7. The largest absolute Gasteiger partial charge is 0.497 e. The molecule has 3 heterocycles. The Balaban J connectivity index is 1.78. The summed E-state index contributed by atoms with van der Waals surface area (Å²) in [7, 11) is 1.55. The van der Waals surface area contributed by atoms with Crippen LogP contribution in [0.5, 0.6) is 5.75 Å². The van der Waals surface area contributed by atoms with Crippen molar-refractivity contribution in [1.29, 1.82) is 0 Å². The van der Waals surface area contributed by atoms with Gasteiger partial charge in [0.05, 0.1) is 24.5 Å². The number of aromatic nitrogens is 3. The highest BCUT2D eigenvalue weighted by atomic mass is 35.5. The van der Waals surface area contributed by atoms with Crippen LogP contribution in [0.4, 0.5) is 4.39 Å². The molecule has 0 saturated heterocycles. The Morgan fingerprint density at radius 1 is 1.13 bits per heavy atom. The highest BCUT2D eigenvalue weighted by Gasteiger charge is 2.17. The zero-order chi connectivity index (χ0) is 21.7. The van der Waals surface area contributed by atoms with Crippen molar-refractivity contribution in [1.82, 2.24) is 14.5 Å². The first-order chi connectivity index (χ1) is 15.0. The van der Waals surface area contributed by atoms with E-state index < -0.39 is 17.1 Å². The van der Waals surface area contributed by atoms with Gasteiger partial charge in [-0.3, -0.25) is 9.78 Å². The van der Waals surface area contributed by atoms with Crippen LogP contribution in [0, 0.1) is 5.82 Å². The minimum absolute atomic E-state index is 0.208. The number of rotatable bonds is 3. The van der Waals surface area contributed by atoms with Crippen molar-refractivity contribution in [2.45, 2.75) is 0 Å². The van der Waals surface area contributed by atoms with Gasteiger partial charge in [-0.25, -0.2) is 13.8 Å². The van der Waals surface area contributed by atoms with Gasteiger partial charge in [0.2, 0.25) is 0 Å². The summed E-state index contributed by atoms with van der Waals surface area (Å²) in [5.74, 6) is 0.142. The van der Waals surface area contributed by atoms with Crippen molar-refractivity contribution in [3.05, 3.63) is 86.5 Å². The van der Waals surface area contributed by atoms with Crippen molar-refractivity contribution in [3.63, 3.8) is 0 Å². The van der Waals surface area contributed by atoms with Gasteiger partial charge in [0.15, 0.2) is 0 Å². The molecule has 0 spiro atoms. The lowest BCUT2D eigenvalue weighted by Gasteiger charge is -2.08. The maximum absolute atomic E-state index is 13.9. The Morgan fingerprint density at radius 2 is 1.97 bits per heavy atom. The predicted molar refractivity (Wildman–Crippen MR) is 120 cm³/mol. The minimum Gasteiger partial charge on any atom is -0.497 e. The van der Waals surface area contributed by atoms with Crippen molar-refractivity contribution in [3.8, 4) is 21.9 Å². The molecule has 154 valence electrons. The second-order valence-corrected chi connectivity index (χ2v) is 8.25. The first-order valence-electron chi connectivity index (χ1n) is 9.12. The van der Waals surface area contributed by atoms with E-state index in [4.69, 9.17) is 16.3 Å². The molecule has 0 bridgehead atoms. The summed E-state index contributed by atoms with van der Waals surface area (Å²) in [5.41, 5.74) is 0.122. The number of hydrogen-bond donors (Lipinski definition) is 1. The van der Waals surface area contributed by atoms with E-state index in [-0.39, 0.29) is 5.69 Å². The van der Waals surface area contributed by atoms with Crippen LogP contribution in [0.15, 0.2) is 64.4 Å². The lowest BCUT2D eigenvalue weighted by molar-refractivity contribution is 0.415. The molecule has 6 nitrogen and oxygen atoms in total. The third-order valence-electron chi connectivity index (χ3n) is 4.96. The van der Waals surface area contributed by atoms with Crippen LogP contribution < -0.4 is 16.0 Å². The van der Waals surface area contributed by atoms with E-state index in [9.17, 15) is 14.0 Å². The van der Waals surface area contributed by atoms with Gasteiger partial charge in [-0.05, 0) is 42.5 Å². The van der Waals surface area contributed by atoms with Gasteiger partial charge in [-0.15, -0.1) is 11.3 Å². The number of fused-ring (bicyclic) bond motifs is 2. The smallest absolute Gasteiger partial charge is 0.333 e. The first kappa shape index (κ1) is 19.5. The van der Waals surface area contributed by atoms with Crippen LogP contribution in [0.25, 0.3) is 37.1 Å².